The standard InChI is InChI=1S/C15H28O2/c1-2-3-4-5-6-7-8-9-10-12-15(17)13-11-14-16/h15-17H,2-10,12,14H2,1H3. The Labute approximate surface area is 106 Å². The minimum absolute atomic E-state index is 0.158. The van der Waals surface area contributed by atoms with Gasteiger partial charge in [0.2, 0.25) is 0 Å². The molecule has 0 rings (SSSR count). The minimum atomic E-state index is -0.549. The average Bonchev–Trinajstić information content (AvgIpc) is 2.34. The molecule has 0 saturated carbocycles. The highest BCUT2D eigenvalue weighted by Crippen LogP contribution is 2.11. The highest BCUT2D eigenvalue weighted by molar-refractivity contribution is 5.04. The Bertz CT molecular complexity index is 203. The molecule has 0 aliphatic carbocycles. The van der Waals surface area contributed by atoms with Crippen molar-refractivity contribution in [2.75, 3.05) is 6.61 Å². The maximum Gasteiger partial charge on any atom is 0.114 e. The second-order valence-corrected chi connectivity index (χ2v) is 4.61. The summed E-state index contributed by atoms with van der Waals surface area (Å²) in [6, 6.07) is 0. The Morgan fingerprint density at radius 2 is 1.41 bits per heavy atom. The fourth-order valence-electron chi connectivity index (χ4n) is 1.88. The molecule has 0 heterocycles. The second-order valence-electron chi connectivity index (χ2n) is 4.61. The fraction of sp³-hybridized carbons (Fsp3) is 0.867. The van der Waals surface area contributed by atoms with Gasteiger partial charge in [0.15, 0.2) is 0 Å². The monoisotopic (exact) mass is 240 g/mol. The van der Waals surface area contributed by atoms with Crippen molar-refractivity contribution < 1.29 is 10.2 Å². The van der Waals surface area contributed by atoms with Gasteiger partial charge in [0.25, 0.3) is 0 Å². The molecule has 0 spiro atoms. The Balaban J connectivity index is 3.13. The molecule has 1 unspecified atom stereocenters. The molecule has 0 aromatic heterocycles. The first-order valence-electron chi connectivity index (χ1n) is 7.08. The summed E-state index contributed by atoms with van der Waals surface area (Å²) < 4.78 is 0. The van der Waals surface area contributed by atoms with Gasteiger partial charge in [0.1, 0.15) is 12.7 Å². The van der Waals surface area contributed by atoms with Gasteiger partial charge in [0.05, 0.1) is 0 Å². The van der Waals surface area contributed by atoms with E-state index in [1.807, 2.05) is 0 Å². The second kappa shape index (κ2) is 13.5. The Kier molecular flexibility index (Phi) is 13.1. The molecule has 100 valence electrons. The summed E-state index contributed by atoms with van der Waals surface area (Å²) in [7, 11) is 0. The summed E-state index contributed by atoms with van der Waals surface area (Å²) in [5.41, 5.74) is 0. The lowest BCUT2D eigenvalue weighted by molar-refractivity contribution is 0.216. The first-order valence-corrected chi connectivity index (χ1v) is 7.08. The minimum Gasteiger partial charge on any atom is -0.384 e. The smallest absolute Gasteiger partial charge is 0.114 e. The molecule has 0 amide bonds. The van der Waals surface area contributed by atoms with Gasteiger partial charge in [-0.1, -0.05) is 70.1 Å². The number of hydrogen-bond donors (Lipinski definition) is 2. The number of rotatable bonds is 10. The van der Waals surface area contributed by atoms with Gasteiger partial charge >= 0.3 is 0 Å². The highest BCUT2D eigenvalue weighted by Gasteiger charge is 1.98. The van der Waals surface area contributed by atoms with Gasteiger partial charge in [-0.3, -0.25) is 0 Å². The van der Waals surface area contributed by atoms with Crippen LogP contribution in [0.15, 0.2) is 0 Å². The van der Waals surface area contributed by atoms with Gasteiger partial charge in [-0.25, -0.2) is 0 Å². The van der Waals surface area contributed by atoms with Crippen LogP contribution in [0, 0.1) is 11.8 Å². The molecule has 17 heavy (non-hydrogen) atoms. The van der Waals surface area contributed by atoms with E-state index in [0.29, 0.717) is 0 Å². The van der Waals surface area contributed by atoms with E-state index in [1.165, 1.54) is 51.4 Å². The van der Waals surface area contributed by atoms with E-state index < -0.39 is 6.10 Å². The molecule has 0 aromatic rings. The Hall–Kier alpha value is -0.520. The lowest BCUT2D eigenvalue weighted by Gasteiger charge is -2.03. The molecule has 0 aliphatic rings. The van der Waals surface area contributed by atoms with Crippen molar-refractivity contribution in [2.24, 2.45) is 0 Å². The van der Waals surface area contributed by atoms with Crippen LogP contribution in [0.3, 0.4) is 0 Å². The lowest BCUT2D eigenvalue weighted by Crippen LogP contribution is -2.02. The number of hydrogen-bond acceptors (Lipinski definition) is 2. The van der Waals surface area contributed by atoms with Crippen LogP contribution in [0.4, 0.5) is 0 Å². The molecule has 0 bridgehead atoms. The van der Waals surface area contributed by atoms with Crippen molar-refractivity contribution >= 4 is 0 Å². The van der Waals surface area contributed by atoms with Crippen LogP contribution in [0.1, 0.15) is 71.1 Å². The number of aliphatic hydroxyl groups excluding tert-OH is 2. The predicted molar refractivity (Wildman–Crippen MR) is 72.7 cm³/mol. The molecule has 1 atom stereocenters. The van der Waals surface area contributed by atoms with Gasteiger partial charge in [-0.05, 0) is 12.8 Å². The summed E-state index contributed by atoms with van der Waals surface area (Å²) in [5, 5.41) is 17.9. The van der Waals surface area contributed by atoms with Crippen LogP contribution >= 0.6 is 0 Å². The summed E-state index contributed by atoms with van der Waals surface area (Å²) in [4.78, 5) is 0. The van der Waals surface area contributed by atoms with E-state index in [-0.39, 0.29) is 6.61 Å². The molecule has 2 N–H and O–H groups in total. The largest absolute Gasteiger partial charge is 0.384 e. The van der Waals surface area contributed by atoms with E-state index in [9.17, 15) is 5.11 Å². The van der Waals surface area contributed by atoms with Crippen molar-refractivity contribution in [3.8, 4) is 11.8 Å². The first kappa shape index (κ1) is 16.5. The maximum atomic E-state index is 9.40. The maximum absolute atomic E-state index is 9.40. The van der Waals surface area contributed by atoms with Crippen molar-refractivity contribution in [1.29, 1.82) is 0 Å². The predicted octanol–water partition coefficient (Wildman–Crippen LogP) is 3.26. The van der Waals surface area contributed by atoms with E-state index in [1.54, 1.807) is 0 Å². The molecule has 0 aromatic carbocycles. The van der Waals surface area contributed by atoms with Gasteiger partial charge in [-0.2, -0.15) is 0 Å². The zero-order chi connectivity index (χ0) is 12.8. The van der Waals surface area contributed by atoms with Crippen molar-refractivity contribution in [3.63, 3.8) is 0 Å². The van der Waals surface area contributed by atoms with Crippen molar-refractivity contribution in [1.82, 2.24) is 0 Å². The highest BCUT2D eigenvalue weighted by atomic mass is 16.3. The van der Waals surface area contributed by atoms with Crippen LogP contribution < -0.4 is 0 Å². The summed E-state index contributed by atoms with van der Waals surface area (Å²) in [5.74, 6) is 5.10. The molecule has 2 heteroatoms. The van der Waals surface area contributed by atoms with E-state index in [0.717, 1.165) is 12.8 Å². The molecule has 0 aliphatic heterocycles. The SMILES string of the molecule is CCCCCCCCCCCC(O)C#CCO. The van der Waals surface area contributed by atoms with Crippen LogP contribution in [0.2, 0.25) is 0 Å². The van der Waals surface area contributed by atoms with Gasteiger partial charge < -0.3 is 10.2 Å². The van der Waals surface area contributed by atoms with Gasteiger partial charge in [0, 0.05) is 0 Å². The fourth-order valence-corrected chi connectivity index (χ4v) is 1.88. The molecule has 2 nitrogen and oxygen atoms in total. The van der Waals surface area contributed by atoms with Crippen molar-refractivity contribution in [3.05, 3.63) is 0 Å². The number of unbranched alkanes of at least 4 members (excludes halogenated alkanes) is 8. The zero-order valence-corrected chi connectivity index (χ0v) is 11.2. The Morgan fingerprint density at radius 1 is 0.882 bits per heavy atom. The third kappa shape index (κ3) is 13.4. The third-order valence-electron chi connectivity index (χ3n) is 2.93. The molecular formula is C15H28O2. The average molecular weight is 240 g/mol. The van der Waals surface area contributed by atoms with Crippen LogP contribution in [0.25, 0.3) is 0 Å². The zero-order valence-electron chi connectivity index (χ0n) is 11.2. The van der Waals surface area contributed by atoms with Crippen molar-refractivity contribution in [2.45, 2.75) is 77.2 Å². The summed E-state index contributed by atoms with van der Waals surface area (Å²) >= 11 is 0. The first-order chi connectivity index (χ1) is 8.31. The Morgan fingerprint density at radius 3 is 1.94 bits per heavy atom. The summed E-state index contributed by atoms with van der Waals surface area (Å²) in [6.45, 7) is 2.08. The quantitative estimate of drug-likeness (QED) is 0.454. The third-order valence-corrected chi connectivity index (χ3v) is 2.93. The van der Waals surface area contributed by atoms with E-state index in [2.05, 4.69) is 18.8 Å². The van der Waals surface area contributed by atoms with Gasteiger partial charge in [-0.15, -0.1) is 0 Å². The topological polar surface area (TPSA) is 40.5 Å². The van der Waals surface area contributed by atoms with E-state index >= 15 is 0 Å². The lowest BCUT2D eigenvalue weighted by atomic mass is 10.1. The molecule has 0 radical (unpaired) electrons. The normalized spacial score (nSPS) is 11.9. The number of aliphatic hydroxyl groups is 2. The van der Waals surface area contributed by atoms with Crippen LogP contribution in [-0.4, -0.2) is 22.9 Å². The van der Waals surface area contributed by atoms with Crippen LogP contribution in [0.5, 0.6) is 0 Å². The molecule has 0 fully saturated rings. The van der Waals surface area contributed by atoms with Crippen LogP contribution in [-0.2, 0) is 0 Å². The summed E-state index contributed by atoms with van der Waals surface area (Å²) in [6.07, 6.45) is 11.8. The molecule has 0 saturated heterocycles. The molecular weight excluding hydrogens is 212 g/mol. The van der Waals surface area contributed by atoms with E-state index in [4.69, 9.17) is 5.11 Å².